The maximum Gasteiger partial charge on any atom is 0.303 e. The van der Waals surface area contributed by atoms with Crippen molar-refractivity contribution in [1.29, 1.82) is 0 Å². The number of nitrogens with zero attached hydrogens (tertiary/aromatic N) is 6. The molecule has 352 valence electrons. The van der Waals surface area contributed by atoms with Crippen molar-refractivity contribution < 1.29 is 47.5 Å². The first-order valence-corrected chi connectivity index (χ1v) is 22.6. The molecule has 0 spiro atoms. The molecule has 1 unspecified atom stereocenters. The Hall–Kier alpha value is -7.24. The van der Waals surface area contributed by atoms with Gasteiger partial charge in [-0.25, -0.2) is 9.36 Å². The van der Waals surface area contributed by atoms with Crippen molar-refractivity contribution in [3.8, 4) is 56.5 Å². The molecule has 1 aliphatic heterocycles. The average molecular weight is 923 g/mol. The summed E-state index contributed by atoms with van der Waals surface area (Å²) in [6, 6.07) is 46.4. The van der Waals surface area contributed by atoms with E-state index in [1.165, 1.54) is 13.8 Å². The Bertz CT molecular complexity index is 2470. The van der Waals surface area contributed by atoms with Gasteiger partial charge in [0.15, 0.2) is 23.7 Å². The third-order valence-corrected chi connectivity index (χ3v) is 11.0. The van der Waals surface area contributed by atoms with Gasteiger partial charge in [-0.15, -0.1) is 10.2 Å². The maximum atomic E-state index is 13.4. The van der Waals surface area contributed by atoms with Gasteiger partial charge in [-0.2, -0.15) is 0 Å². The maximum absolute atomic E-state index is 13.4. The van der Waals surface area contributed by atoms with E-state index in [0.717, 1.165) is 22.3 Å². The van der Waals surface area contributed by atoms with Crippen molar-refractivity contribution in [2.45, 2.75) is 51.4 Å². The van der Waals surface area contributed by atoms with E-state index in [2.05, 4.69) is 20.6 Å². The van der Waals surface area contributed by atoms with Gasteiger partial charge >= 0.3 is 11.9 Å². The van der Waals surface area contributed by atoms with Crippen molar-refractivity contribution in [3.63, 3.8) is 0 Å². The summed E-state index contributed by atoms with van der Waals surface area (Å²) >= 11 is 0. The van der Waals surface area contributed by atoms with E-state index < -0.39 is 36.4 Å². The fourth-order valence-electron chi connectivity index (χ4n) is 7.99. The molecule has 0 amide bonds. The number of aromatic nitrogens is 6. The molecule has 2 aromatic heterocycles. The minimum Gasteiger partial charge on any atom is -0.487 e. The van der Waals surface area contributed by atoms with E-state index in [9.17, 15) is 9.59 Å². The van der Waals surface area contributed by atoms with Crippen LogP contribution < -0.4 is 9.47 Å². The van der Waals surface area contributed by atoms with Crippen molar-refractivity contribution >= 4 is 11.9 Å². The van der Waals surface area contributed by atoms with Gasteiger partial charge in [-0.1, -0.05) is 144 Å². The van der Waals surface area contributed by atoms with Crippen molar-refractivity contribution in [2.75, 3.05) is 52.9 Å². The Morgan fingerprint density at radius 1 is 0.471 bits per heavy atom. The highest BCUT2D eigenvalue weighted by molar-refractivity contribution is 5.79. The van der Waals surface area contributed by atoms with E-state index in [-0.39, 0.29) is 65.9 Å². The Labute approximate surface area is 394 Å². The molecule has 8 rings (SSSR count). The van der Waals surface area contributed by atoms with Gasteiger partial charge in [0.2, 0.25) is 0 Å². The smallest absolute Gasteiger partial charge is 0.303 e. The molecule has 0 saturated heterocycles. The number of ether oxygens (including phenoxy) is 8. The summed E-state index contributed by atoms with van der Waals surface area (Å²) in [5, 5.41) is 18.7. The molecule has 0 aliphatic carbocycles. The Balaban J connectivity index is 1.21. The van der Waals surface area contributed by atoms with E-state index in [4.69, 9.17) is 37.9 Å². The number of hydrogen-bond donors (Lipinski definition) is 0. The summed E-state index contributed by atoms with van der Waals surface area (Å²) < 4.78 is 53.4. The largest absolute Gasteiger partial charge is 0.487 e. The predicted molar refractivity (Wildman–Crippen MR) is 251 cm³/mol. The number of fused-ring (bicyclic) bond motifs is 1. The number of carbonyl (C=O) groups is 2. The average Bonchev–Trinajstić information content (AvgIpc) is 3.99. The lowest BCUT2D eigenvalue weighted by Gasteiger charge is -2.36. The number of esters is 2. The zero-order valence-corrected chi connectivity index (χ0v) is 38.0. The second-order valence-electron chi connectivity index (χ2n) is 15.7. The lowest BCUT2D eigenvalue weighted by atomic mass is 10.00. The number of benzene rings is 5. The fourth-order valence-corrected chi connectivity index (χ4v) is 7.99. The summed E-state index contributed by atoms with van der Waals surface area (Å²) in [4.78, 5) is 26.7. The summed E-state index contributed by atoms with van der Waals surface area (Å²) in [5.41, 5.74) is 6.04. The van der Waals surface area contributed by atoms with Crippen LogP contribution in [0, 0.1) is 0 Å². The Morgan fingerprint density at radius 3 is 1.18 bits per heavy atom. The molecule has 16 nitrogen and oxygen atoms in total. The highest BCUT2D eigenvalue weighted by Gasteiger charge is 2.43. The van der Waals surface area contributed by atoms with Gasteiger partial charge in [0.1, 0.15) is 36.8 Å². The summed E-state index contributed by atoms with van der Waals surface area (Å²) in [6.45, 7) is 3.88. The van der Waals surface area contributed by atoms with Crippen LogP contribution in [0.3, 0.4) is 0 Å². The van der Waals surface area contributed by atoms with E-state index in [0.29, 0.717) is 34.3 Å². The zero-order valence-electron chi connectivity index (χ0n) is 38.0. The van der Waals surface area contributed by atoms with Crippen LogP contribution in [0.1, 0.15) is 13.8 Å². The third-order valence-electron chi connectivity index (χ3n) is 11.0. The van der Waals surface area contributed by atoms with Crippen molar-refractivity contribution in [2.24, 2.45) is 0 Å². The predicted octanol–water partition coefficient (Wildman–Crippen LogP) is 7.38. The van der Waals surface area contributed by atoms with Crippen LogP contribution in [0.5, 0.6) is 11.5 Å². The van der Waals surface area contributed by atoms with E-state index in [1.54, 1.807) is 9.36 Å². The van der Waals surface area contributed by atoms with Crippen LogP contribution in [0.25, 0.3) is 45.0 Å². The quantitative estimate of drug-likeness (QED) is 0.125. The van der Waals surface area contributed by atoms with Crippen molar-refractivity contribution in [3.05, 3.63) is 146 Å². The zero-order chi connectivity index (χ0) is 46.9. The van der Waals surface area contributed by atoms with E-state index >= 15 is 0 Å². The first-order valence-electron chi connectivity index (χ1n) is 22.6. The molecule has 0 fully saturated rings. The fraction of sp³-hybridized carbons (Fsp3) is 0.308. The van der Waals surface area contributed by atoms with Gasteiger partial charge in [0.05, 0.1) is 64.1 Å². The van der Waals surface area contributed by atoms with Crippen LogP contribution in [0.15, 0.2) is 146 Å². The molecule has 3 heterocycles. The van der Waals surface area contributed by atoms with Crippen LogP contribution in [-0.4, -0.2) is 119 Å². The van der Waals surface area contributed by atoms with Crippen LogP contribution >= 0.6 is 0 Å². The topological polar surface area (TPSA) is 169 Å². The summed E-state index contributed by atoms with van der Waals surface area (Å²) in [7, 11) is 0. The van der Waals surface area contributed by atoms with Gasteiger partial charge < -0.3 is 37.9 Å². The second-order valence-corrected chi connectivity index (χ2v) is 15.7. The molecule has 0 N–H and O–H groups in total. The summed E-state index contributed by atoms with van der Waals surface area (Å²) in [5.74, 6) is -0.141. The first-order chi connectivity index (χ1) is 33.4. The lowest BCUT2D eigenvalue weighted by Crippen LogP contribution is -2.53. The molecular weight excluding hydrogens is 869 g/mol. The Morgan fingerprint density at radius 2 is 0.809 bits per heavy atom. The molecule has 4 atom stereocenters. The standard InChI is InChI=1S/C52H54N6O10/c1-37(59)67-51-45(35-57-49(41-21-11-5-12-22-41)47(53-55-57)39-17-7-3-8-18-39)65-33-29-61-27-31-63-43-25-15-16-26-44(43)64-32-28-62-30-34-66-46(52(51)68-38(2)60)36-58-50(42-23-13-6-14-24-42)48(54-56-58)40-19-9-4-10-20-40/h3-26,45-46,51-52H,27-36H2,1-2H3/t45-,46-,51-,52?/m1/s1. The second kappa shape index (κ2) is 24.0. The Kier molecular flexibility index (Phi) is 16.7. The molecular formula is C52H54N6O10. The minimum atomic E-state index is -1.29. The molecule has 7 aromatic rings. The molecule has 5 aromatic carbocycles. The molecule has 16 heteroatoms. The third kappa shape index (κ3) is 12.4. The first kappa shape index (κ1) is 47.3. The number of para-hydroxylation sites is 2. The minimum absolute atomic E-state index is 0.00769. The van der Waals surface area contributed by atoms with E-state index in [1.807, 2.05) is 146 Å². The van der Waals surface area contributed by atoms with Crippen LogP contribution in [0.4, 0.5) is 0 Å². The van der Waals surface area contributed by atoms with Gasteiger partial charge in [0, 0.05) is 36.1 Å². The monoisotopic (exact) mass is 922 g/mol. The SMILES string of the molecule is CC(=O)OC1[C@@H](Cn2nnc(-c3ccccc3)c2-c2ccccc2)OCCOCCOc2ccccc2OCCOCCO[C@H](Cn2nnc(-c3ccccc3)c2-c2ccccc2)[C@H]1OC(C)=O. The summed E-state index contributed by atoms with van der Waals surface area (Å²) in [6.07, 6.45) is -4.63. The van der Waals surface area contributed by atoms with Crippen LogP contribution in [-0.2, 0) is 51.1 Å². The van der Waals surface area contributed by atoms with Gasteiger partial charge in [-0.05, 0) is 12.1 Å². The number of hydrogen-bond acceptors (Lipinski definition) is 14. The number of rotatable bonds is 10. The molecule has 68 heavy (non-hydrogen) atoms. The molecule has 1 aliphatic rings. The van der Waals surface area contributed by atoms with Gasteiger partial charge in [-0.3, -0.25) is 9.59 Å². The molecule has 0 saturated carbocycles. The lowest BCUT2D eigenvalue weighted by molar-refractivity contribution is -0.199. The highest BCUT2D eigenvalue weighted by Crippen LogP contribution is 2.34. The normalized spacial score (nSPS) is 18.8. The molecule has 0 radical (unpaired) electrons. The molecule has 0 bridgehead atoms. The van der Waals surface area contributed by atoms with Crippen LogP contribution in [0.2, 0.25) is 0 Å². The number of carbonyl (C=O) groups excluding carboxylic acids is 2. The van der Waals surface area contributed by atoms with Gasteiger partial charge in [0.25, 0.3) is 0 Å². The van der Waals surface area contributed by atoms with Crippen molar-refractivity contribution in [1.82, 2.24) is 30.0 Å². The highest BCUT2D eigenvalue weighted by atomic mass is 16.6.